The Morgan fingerprint density at radius 1 is 0.417 bits per heavy atom. The van der Waals surface area contributed by atoms with Crippen LogP contribution in [0.15, 0.2) is 148 Å². The fraction of sp³-hybridized carbons (Fsp3) is 0. The van der Waals surface area contributed by atoms with Gasteiger partial charge >= 0.3 is 0 Å². The van der Waals surface area contributed by atoms with Crippen LogP contribution in [-0.4, -0.2) is 9.13 Å². The fourth-order valence-corrected chi connectivity index (χ4v) is 7.85. The third-order valence-corrected chi connectivity index (χ3v) is 9.92. The molecule has 5 nitrogen and oxygen atoms in total. The van der Waals surface area contributed by atoms with Gasteiger partial charge in [0.25, 0.3) is 0 Å². The van der Waals surface area contributed by atoms with Gasteiger partial charge in [0.15, 0.2) is 5.69 Å². The highest BCUT2D eigenvalue weighted by Gasteiger charge is 2.20. The van der Waals surface area contributed by atoms with Crippen molar-refractivity contribution in [1.82, 2.24) is 9.13 Å². The van der Waals surface area contributed by atoms with Crippen LogP contribution in [0.4, 0.5) is 5.69 Å². The number of nitrogens with zero attached hydrogens (tertiary/aromatic N) is 3. The van der Waals surface area contributed by atoms with Crippen LogP contribution in [0.5, 0.6) is 0 Å². The van der Waals surface area contributed by atoms with E-state index in [1.165, 1.54) is 0 Å². The van der Waals surface area contributed by atoms with E-state index < -0.39 is 0 Å². The predicted octanol–water partition coefficient (Wildman–Crippen LogP) is 12.2. The molecule has 4 heterocycles. The molecule has 0 aliphatic carbocycles. The Labute approximate surface area is 272 Å². The molecule has 11 rings (SSSR count). The molecule has 0 bridgehead atoms. The predicted molar refractivity (Wildman–Crippen MR) is 196 cm³/mol. The standard InChI is InChI=1S/C43H23N3O2/c1-44-25-14-18-37-32(22-25)28-8-2-5-11-35(28)45(37)26-15-20-40-33(23-26)34-24-27(16-21-41(34)47-40)46-36-12-6-3-10-31(36)42-38(46)19-17-30-29-9-4-7-13-39(29)48-43(30)42/h2-24H. The first kappa shape index (κ1) is 25.4. The minimum absolute atomic E-state index is 0.639. The van der Waals surface area contributed by atoms with Gasteiger partial charge in [0, 0.05) is 43.7 Å². The van der Waals surface area contributed by atoms with Gasteiger partial charge in [-0.25, -0.2) is 4.85 Å². The fourth-order valence-electron chi connectivity index (χ4n) is 7.85. The molecule has 5 heteroatoms. The van der Waals surface area contributed by atoms with E-state index in [4.69, 9.17) is 15.4 Å². The summed E-state index contributed by atoms with van der Waals surface area (Å²) < 4.78 is 17.5. The maximum Gasteiger partial charge on any atom is 0.188 e. The molecule has 0 saturated carbocycles. The van der Waals surface area contributed by atoms with E-state index in [0.29, 0.717) is 5.69 Å². The molecule has 0 aliphatic rings. The maximum atomic E-state index is 7.57. The molecule has 4 aromatic heterocycles. The summed E-state index contributed by atoms with van der Waals surface area (Å²) in [6.07, 6.45) is 0. The molecule has 0 fully saturated rings. The number of rotatable bonds is 2. The van der Waals surface area contributed by atoms with Crippen LogP contribution in [0.2, 0.25) is 0 Å². The number of fused-ring (bicyclic) bond motifs is 13. The zero-order valence-corrected chi connectivity index (χ0v) is 25.4. The quantitative estimate of drug-likeness (QED) is 0.182. The SMILES string of the molecule is [C-]#[N+]c1ccc2c(c1)c1ccccc1n2-c1ccc2oc3ccc(-n4c5ccccc5c5c6oc7ccccc7c6ccc54)cc3c2c1. The summed E-state index contributed by atoms with van der Waals surface area (Å²) in [6, 6.07) is 48.4. The lowest BCUT2D eigenvalue weighted by Gasteiger charge is -2.09. The summed E-state index contributed by atoms with van der Waals surface area (Å²) in [7, 11) is 0. The van der Waals surface area contributed by atoms with Crippen molar-refractivity contribution in [2.45, 2.75) is 0 Å². The van der Waals surface area contributed by atoms with Gasteiger partial charge in [0.1, 0.15) is 22.3 Å². The van der Waals surface area contributed by atoms with Crippen LogP contribution in [0.1, 0.15) is 0 Å². The van der Waals surface area contributed by atoms with Crippen LogP contribution in [0.25, 0.3) is 104 Å². The minimum atomic E-state index is 0.639. The van der Waals surface area contributed by atoms with Crippen LogP contribution in [0.3, 0.4) is 0 Å². The summed E-state index contributed by atoms with van der Waals surface area (Å²) in [5.41, 5.74) is 10.6. The number of hydrogen-bond acceptors (Lipinski definition) is 2. The van der Waals surface area contributed by atoms with Crippen molar-refractivity contribution in [3.63, 3.8) is 0 Å². The van der Waals surface area contributed by atoms with Gasteiger partial charge in [-0.1, -0.05) is 60.7 Å². The molecular weight excluding hydrogens is 590 g/mol. The van der Waals surface area contributed by atoms with Crippen molar-refractivity contribution in [2.75, 3.05) is 0 Å². The Kier molecular flexibility index (Phi) is 4.85. The number of para-hydroxylation sites is 3. The molecule has 0 radical (unpaired) electrons. The van der Waals surface area contributed by atoms with Gasteiger partial charge in [-0.2, -0.15) is 0 Å². The molecule has 0 aliphatic heterocycles. The highest BCUT2D eigenvalue weighted by atomic mass is 16.3. The van der Waals surface area contributed by atoms with Gasteiger partial charge in [0.2, 0.25) is 0 Å². The molecule has 0 atom stereocenters. The van der Waals surface area contributed by atoms with E-state index in [0.717, 1.165) is 98.9 Å². The molecule has 0 spiro atoms. The summed E-state index contributed by atoms with van der Waals surface area (Å²) in [6.45, 7) is 7.57. The van der Waals surface area contributed by atoms with Crippen molar-refractivity contribution in [3.05, 3.63) is 151 Å². The summed E-state index contributed by atoms with van der Waals surface area (Å²) in [4.78, 5) is 3.69. The first-order valence-electron chi connectivity index (χ1n) is 16.0. The average Bonchev–Trinajstić information content (AvgIpc) is 3.88. The van der Waals surface area contributed by atoms with E-state index in [2.05, 4.69) is 129 Å². The van der Waals surface area contributed by atoms with Gasteiger partial charge in [-0.05, 0) is 84.2 Å². The Hall–Kier alpha value is -6.77. The number of benzene rings is 7. The molecular formula is C43H23N3O2. The van der Waals surface area contributed by atoms with Gasteiger partial charge in [0.05, 0.1) is 34.0 Å². The first-order valence-corrected chi connectivity index (χ1v) is 16.0. The Morgan fingerprint density at radius 2 is 1.00 bits per heavy atom. The van der Waals surface area contributed by atoms with Crippen LogP contribution in [-0.2, 0) is 0 Å². The molecule has 11 aromatic rings. The second kappa shape index (κ2) is 9.16. The van der Waals surface area contributed by atoms with Gasteiger partial charge in [-0.15, -0.1) is 0 Å². The molecule has 7 aromatic carbocycles. The maximum absolute atomic E-state index is 7.57. The lowest BCUT2D eigenvalue weighted by Crippen LogP contribution is -1.94. The number of furan rings is 2. The zero-order valence-electron chi connectivity index (χ0n) is 25.4. The van der Waals surface area contributed by atoms with E-state index in [1.807, 2.05) is 24.3 Å². The van der Waals surface area contributed by atoms with Crippen molar-refractivity contribution in [3.8, 4) is 11.4 Å². The Bertz CT molecular complexity index is 3200. The number of aromatic nitrogens is 2. The first-order chi connectivity index (χ1) is 23.7. The Balaban J connectivity index is 1.17. The lowest BCUT2D eigenvalue weighted by molar-refractivity contribution is 0.668. The summed E-state index contributed by atoms with van der Waals surface area (Å²) in [5, 5.41) is 8.83. The second-order valence-electron chi connectivity index (χ2n) is 12.4. The monoisotopic (exact) mass is 613 g/mol. The summed E-state index contributed by atoms with van der Waals surface area (Å²) in [5.74, 6) is 0. The molecule has 0 saturated heterocycles. The topological polar surface area (TPSA) is 40.5 Å². The van der Waals surface area contributed by atoms with Crippen LogP contribution < -0.4 is 0 Å². The Morgan fingerprint density at radius 3 is 1.75 bits per heavy atom. The highest BCUT2D eigenvalue weighted by molar-refractivity contribution is 6.24. The molecule has 0 N–H and O–H groups in total. The van der Waals surface area contributed by atoms with E-state index in [1.54, 1.807) is 0 Å². The van der Waals surface area contributed by atoms with Crippen molar-refractivity contribution >= 4 is 93.2 Å². The summed E-state index contributed by atoms with van der Waals surface area (Å²) >= 11 is 0. The molecule has 222 valence electrons. The number of hydrogen-bond donors (Lipinski definition) is 0. The third-order valence-electron chi connectivity index (χ3n) is 9.92. The third kappa shape index (κ3) is 3.28. The molecule has 48 heavy (non-hydrogen) atoms. The largest absolute Gasteiger partial charge is 0.456 e. The van der Waals surface area contributed by atoms with Crippen molar-refractivity contribution < 1.29 is 8.83 Å². The average molecular weight is 614 g/mol. The van der Waals surface area contributed by atoms with Gasteiger partial charge in [-0.3, -0.25) is 0 Å². The van der Waals surface area contributed by atoms with Crippen molar-refractivity contribution in [2.24, 2.45) is 0 Å². The smallest absolute Gasteiger partial charge is 0.188 e. The minimum Gasteiger partial charge on any atom is -0.456 e. The molecule has 0 amide bonds. The van der Waals surface area contributed by atoms with Crippen LogP contribution >= 0.6 is 0 Å². The second-order valence-corrected chi connectivity index (χ2v) is 12.4. The van der Waals surface area contributed by atoms with Gasteiger partial charge < -0.3 is 18.0 Å². The van der Waals surface area contributed by atoms with E-state index >= 15 is 0 Å². The normalized spacial score (nSPS) is 12.1. The van der Waals surface area contributed by atoms with Crippen LogP contribution in [0, 0.1) is 6.57 Å². The van der Waals surface area contributed by atoms with E-state index in [-0.39, 0.29) is 0 Å². The van der Waals surface area contributed by atoms with E-state index in [9.17, 15) is 0 Å². The molecule has 0 unspecified atom stereocenters. The zero-order chi connectivity index (χ0) is 31.5. The highest BCUT2D eigenvalue weighted by Crippen LogP contribution is 2.42. The lowest BCUT2D eigenvalue weighted by atomic mass is 10.1. The van der Waals surface area contributed by atoms with Crippen molar-refractivity contribution in [1.29, 1.82) is 0 Å².